The molecule has 0 spiro atoms. The van der Waals surface area contributed by atoms with Crippen LogP contribution in [0.5, 0.6) is 5.75 Å². The summed E-state index contributed by atoms with van der Waals surface area (Å²) in [6, 6.07) is 16.8. The Morgan fingerprint density at radius 2 is 1.85 bits per heavy atom. The fraction of sp³-hybridized carbons (Fsp3) is 0.167. The first-order valence-corrected chi connectivity index (χ1v) is 16.2. The number of nitrogens with zero attached hydrogens (tertiary/aromatic N) is 2. The normalized spacial score (nSPS) is 15.0. The van der Waals surface area contributed by atoms with Gasteiger partial charge in [-0.15, -0.1) is 0 Å². The molecule has 0 aliphatic carbocycles. The number of hydrogen-bond acceptors (Lipinski definition) is 6. The third-order valence-corrected chi connectivity index (χ3v) is 9.26. The monoisotopic (exact) mass is 858 g/mol. The summed E-state index contributed by atoms with van der Waals surface area (Å²) in [5.41, 5.74) is 2.73. The summed E-state index contributed by atoms with van der Waals surface area (Å²) in [6.45, 7) is 3.97. The van der Waals surface area contributed by atoms with E-state index in [0.717, 1.165) is 22.7 Å². The van der Waals surface area contributed by atoms with Crippen LogP contribution in [0.1, 0.15) is 36.6 Å². The number of hydrogen-bond donors (Lipinski definition) is 0. The minimum atomic E-state index is -0.808. The number of halogens is 4. The molecule has 5 rings (SSSR count). The standard InChI is InChI=1S/C30H22BrFI2N2O4S/c1-3-39-29(38)25-16(2)35-30-36(26(25)18-6-10-21(32)11-7-18)28(37)24(41-30)13-19-12-22(33)14-23(34)27(19)40-15-17-4-8-20(31)9-5-17/h4-14,26H,3,15H2,1-2H3/b24-13-/t26-/m1/s1. The van der Waals surface area contributed by atoms with Crippen LogP contribution in [-0.4, -0.2) is 17.1 Å². The molecular formula is C30H22BrFI2N2O4S. The summed E-state index contributed by atoms with van der Waals surface area (Å²) >= 11 is 9.16. The van der Waals surface area contributed by atoms with E-state index in [1.54, 1.807) is 32.1 Å². The van der Waals surface area contributed by atoms with Crippen LogP contribution in [0.25, 0.3) is 6.08 Å². The van der Waals surface area contributed by atoms with Gasteiger partial charge in [0, 0.05) is 13.6 Å². The molecule has 0 saturated carbocycles. The number of carbonyl (C=O) groups excluding carboxylic acids is 1. The Morgan fingerprint density at radius 1 is 1.15 bits per heavy atom. The minimum Gasteiger partial charge on any atom is -0.487 e. The maximum Gasteiger partial charge on any atom is 0.338 e. The third-order valence-electron chi connectivity index (χ3n) is 6.32. The van der Waals surface area contributed by atoms with Crippen LogP contribution in [0.2, 0.25) is 0 Å². The zero-order chi connectivity index (χ0) is 29.3. The van der Waals surface area contributed by atoms with Crippen molar-refractivity contribution in [1.82, 2.24) is 4.57 Å². The highest BCUT2D eigenvalue weighted by atomic mass is 127. The van der Waals surface area contributed by atoms with Crippen LogP contribution in [0.4, 0.5) is 4.39 Å². The number of esters is 1. The van der Waals surface area contributed by atoms with Gasteiger partial charge in [0.2, 0.25) is 0 Å². The van der Waals surface area contributed by atoms with E-state index in [-0.39, 0.29) is 17.7 Å². The van der Waals surface area contributed by atoms with E-state index >= 15 is 0 Å². The Hall–Kier alpha value is -2.36. The number of allylic oxidation sites excluding steroid dienone is 1. The maximum atomic E-state index is 14.0. The van der Waals surface area contributed by atoms with E-state index in [1.807, 2.05) is 36.4 Å². The molecular weight excluding hydrogens is 837 g/mol. The Morgan fingerprint density at radius 3 is 2.54 bits per heavy atom. The van der Waals surface area contributed by atoms with Gasteiger partial charge in [0.1, 0.15) is 18.2 Å². The van der Waals surface area contributed by atoms with E-state index in [1.165, 1.54) is 28.0 Å². The Balaban J connectivity index is 1.64. The van der Waals surface area contributed by atoms with Gasteiger partial charge in [-0.2, -0.15) is 0 Å². The molecule has 1 aliphatic rings. The number of ether oxygens (including phenoxy) is 2. The average molecular weight is 859 g/mol. The molecule has 0 N–H and O–H groups in total. The molecule has 41 heavy (non-hydrogen) atoms. The summed E-state index contributed by atoms with van der Waals surface area (Å²) in [5.74, 6) is -0.310. The molecule has 2 heterocycles. The molecule has 0 bridgehead atoms. The van der Waals surface area contributed by atoms with Crippen LogP contribution < -0.4 is 19.6 Å². The maximum absolute atomic E-state index is 14.0. The number of benzene rings is 3. The van der Waals surface area contributed by atoms with Gasteiger partial charge < -0.3 is 9.47 Å². The molecule has 3 aromatic carbocycles. The molecule has 1 aliphatic heterocycles. The molecule has 0 amide bonds. The first kappa shape index (κ1) is 30.1. The number of thiazole rings is 1. The highest BCUT2D eigenvalue weighted by Gasteiger charge is 2.33. The van der Waals surface area contributed by atoms with Crippen LogP contribution >= 0.6 is 72.4 Å². The lowest BCUT2D eigenvalue weighted by molar-refractivity contribution is -0.139. The number of fused-ring (bicyclic) bond motifs is 1. The summed E-state index contributed by atoms with van der Waals surface area (Å²) in [5, 5.41) is 0. The zero-order valence-electron chi connectivity index (χ0n) is 21.8. The second-order valence-corrected chi connectivity index (χ2v) is 13.4. The lowest BCUT2D eigenvalue weighted by atomic mass is 9.96. The molecule has 6 nitrogen and oxygen atoms in total. The van der Waals surface area contributed by atoms with Crippen molar-refractivity contribution in [2.75, 3.05) is 6.61 Å². The summed E-state index contributed by atoms with van der Waals surface area (Å²) in [4.78, 5) is 32.1. The van der Waals surface area contributed by atoms with Gasteiger partial charge in [0.25, 0.3) is 5.56 Å². The van der Waals surface area contributed by atoms with Gasteiger partial charge in [-0.1, -0.05) is 51.5 Å². The van der Waals surface area contributed by atoms with E-state index in [2.05, 4.69) is 66.1 Å². The fourth-order valence-corrected chi connectivity index (χ4v) is 7.82. The topological polar surface area (TPSA) is 69.9 Å². The van der Waals surface area contributed by atoms with E-state index in [4.69, 9.17) is 9.47 Å². The highest BCUT2D eigenvalue weighted by Crippen LogP contribution is 2.32. The van der Waals surface area contributed by atoms with Crippen molar-refractivity contribution in [3.63, 3.8) is 0 Å². The minimum absolute atomic E-state index is 0.171. The van der Waals surface area contributed by atoms with Crippen molar-refractivity contribution in [3.8, 4) is 5.75 Å². The lowest BCUT2D eigenvalue weighted by Gasteiger charge is -2.24. The largest absolute Gasteiger partial charge is 0.487 e. The van der Waals surface area contributed by atoms with Gasteiger partial charge in [0.15, 0.2) is 4.80 Å². The van der Waals surface area contributed by atoms with Gasteiger partial charge in [-0.3, -0.25) is 9.36 Å². The molecule has 0 saturated heterocycles. The average Bonchev–Trinajstić information content (AvgIpc) is 3.23. The molecule has 0 fully saturated rings. The molecule has 0 radical (unpaired) electrons. The summed E-state index contributed by atoms with van der Waals surface area (Å²) < 4.78 is 30.2. The molecule has 1 atom stereocenters. The SMILES string of the molecule is CCOC(=O)C1=C(C)N=c2s/c(=C\c3cc(I)cc(I)c3OCc3ccc(Br)cc3)c(=O)n2[C@@H]1c1ccc(F)cc1. The molecule has 11 heteroatoms. The first-order valence-electron chi connectivity index (χ1n) is 12.5. The first-order chi connectivity index (χ1) is 19.7. The predicted molar refractivity (Wildman–Crippen MR) is 177 cm³/mol. The molecule has 4 aromatic rings. The summed E-state index contributed by atoms with van der Waals surface area (Å²) in [7, 11) is 0. The fourth-order valence-electron chi connectivity index (χ4n) is 4.47. The smallest absolute Gasteiger partial charge is 0.338 e. The second kappa shape index (κ2) is 12.9. The number of rotatable bonds is 7. The van der Waals surface area contributed by atoms with Crippen LogP contribution in [0, 0.1) is 13.0 Å². The quantitative estimate of drug-likeness (QED) is 0.158. The van der Waals surface area contributed by atoms with E-state index in [9.17, 15) is 14.0 Å². The predicted octanol–water partition coefficient (Wildman–Crippen LogP) is 6.49. The van der Waals surface area contributed by atoms with Crippen molar-refractivity contribution >= 4 is 84.5 Å². The van der Waals surface area contributed by atoms with Crippen LogP contribution in [0.3, 0.4) is 0 Å². The highest BCUT2D eigenvalue weighted by molar-refractivity contribution is 14.1. The second-order valence-electron chi connectivity index (χ2n) is 9.07. The Kier molecular flexibility index (Phi) is 9.46. The van der Waals surface area contributed by atoms with Crippen molar-refractivity contribution < 1.29 is 18.7 Å². The zero-order valence-corrected chi connectivity index (χ0v) is 28.5. The van der Waals surface area contributed by atoms with Crippen molar-refractivity contribution in [1.29, 1.82) is 0 Å². The number of carbonyl (C=O) groups is 1. The Bertz CT molecular complexity index is 1850. The van der Waals surface area contributed by atoms with Gasteiger partial charge in [-0.05, 0) is 113 Å². The van der Waals surface area contributed by atoms with Crippen molar-refractivity contribution in [2.45, 2.75) is 26.5 Å². The summed E-state index contributed by atoms with van der Waals surface area (Å²) in [6.07, 6.45) is 1.80. The van der Waals surface area contributed by atoms with Crippen molar-refractivity contribution in [2.24, 2.45) is 4.99 Å². The molecule has 210 valence electrons. The van der Waals surface area contributed by atoms with Gasteiger partial charge >= 0.3 is 5.97 Å². The molecule has 0 unspecified atom stereocenters. The number of aromatic nitrogens is 1. The van der Waals surface area contributed by atoms with Gasteiger partial charge in [0.05, 0.1) is 32.0 Å². The lowest BCUT2D eigenvalue weighted by Crippen LogP contribution is -2.39. The van der Waals surface area contributed by atoms with Gasteiger partial charge in [-0.25, -0.2) is 14.2 Å². The van der Waals surface area contributed by atoms with Crippen LogP contribution in [0.15, 0.2) is 86.2 Å². The third kappa shape index (κ3) is 6.52. The van der Waals surface area contributed by atoms with Crippen LogP contribution in [-0.2, 0) is 16.1 Å². The van der Waals surface area contributed by atoms with Crippen molar-refractivity contribution in [3.05, 3.63) is 126 Å². The van der Waals surface area contributed by atoms with E-state index in [0.29, 0.717) is 33.0 Å². The Labute approximate surface area is 275 Å². The molecule has 1 aromatic heterocycles. The van der Waals surface area contributed by atoms with E-state index < -0.39 is 17.8 Å².